The van der Waals surface area contributed by atoms with Crippen molar-refractivity contribution in [2.45, 2.75) is 24.4 Å². The van der Waals surface area contributed by atoms with Gasteiger partial charge in [0.25, 0.3) is 0 Å². The molecule has 1 amide bonds. The molecule has 2 saturated heterocycles. The van der Waals surface area contributed by atoms with Gasteiger partial charge in [-0.1, -0.05) is 6.07 Å². The van der Waals surface area contributed by atoms with Gasteiger partial charge in [0.1, 0.15) is 11.6 Å². The van der Waals surface area contributed by atoms with Gasteiger partial charge < -0.3 is 19.5 Å². The van der Waals surface area contributed by atoms with Gasteiger partial charge in [0, 0.05) is 31.4 Å². The van der Waals surface area contributed by atoms with E-state index in [0.29, 0.717) is 0 Å². The number of carboxylic acids is 1. The Morgan fingerprint density at radius 2 is 1.92 bits per heavy atom. The number of rotatable bonds is 3. The predicted molar refractivity (Wildman–Crippen MR) is 82.0 cm³/mol. The van der Waals surface area contributed by atoms with E-state index in [1.54, 1.807) is 0 Å². The van der Waals surface area contributed by atoms with Crippen LogP contribution in [-0.2, 0) is 24.5 Å². The number of morpholine rings is 1. The topological polar surface area (TPSA) is 76.1 Å². The molecule has 0 aliphatic carbocycles. The van der Waals surface area contributed by atoms with Gasteiger partial charge in [0.05, 0.1) is 18.6 Å². The number of carboxylic acid groups (broad SMARTS) is 1. The molecule has 0 spiro atoms. The standard InChI is InChI=1S/C17H19F2NO5/c18-11-1-2-12(13(19)9-11)17(3-6-24-7-4-17)16(23)20-5-8-25-14(10-20)15(21)22/h1-2,9,14H,3-8,10H2,(H,21,22). The van der Waals surface area contributed by atoms with E-state index in [4.69, 9.17) is 14.6 Å². The number of hydrogen-bond acceptors (Lipinski definition) is 4. The molecule has 2 aliphatic rings. The van der Waals surface area contributed by atoms with E-state index in [1.807, 2.05) is 0 Å². The smallest absolute Gasteiger partial charge is 0.334 e. The van der Waals surface area contributed by atoms with E-state index >= 15 is 0 Å². The Morgan fingerprint density at radius 1 is 1.20 bits per heavy atom. The highest BCUT2D eigenvalue weighted by Crippen LogP contribution is 2.38. The largest absolute Gasteiger partial charge is 0.479 e. The Bertz CT molecular complexity index is 675. The first-order valence-corrected chi connectivity index (χ1v) is 8.11. The molecule has 1 N–H and O–H groups in total. The van der Waals surface area contributed by atoms with Gasteiger partial charge in [-0.15, -0.1) is 0 Å². The lowest BCUT2D eigenvalue weighted by atomic mass is 9.72. The molecule has 6 nitrogen and oxygen atoms in total. The summed E-state index contributed by atoms with van der Waals surface area (Å²) in [5, 5.41) is 9.12. The first kappa shape index (κ1) is 17.8. The Labute approximate surface area is 143 Å². The Morgan fingerprint density at radius 3 is 2.56 bits per heavy atom. The lowest BCUT2D eigenvalue weighted by molar-refractivity contribution is -0.162. The van der Waals surface area contributed by atoms with Gasteiger partial charge in [0.15, 0.2) is 6.10 Å². The van der Waals surface area contributed by atoms with Crippen LogP contribution in [0.1, 0.15) is 18.4 Å². The minimum absolute atomic E-state index is 0.0976. The number of nitrogens with zero attached hydrogens (tertiary/aromatic N) is 1. The summed E-state index contributed by atoms with van der Waals surface area (Å²) < 4.78 is 38.2. The highest BCUT2D eigenvalue weighted by Gasteiger charge is 2.47. The van der Waals surface area contributed by atoms with Crippen molar-refractivity contribution < 1.29 is 33.0 Å². The quantitative estimate of drug-likeness (QED) is 0.885. The van der Waals surface area contributed by atoms with E-state index in [-0.39, 0.29) is 57.2 Å². The zero-order valence-electron chi connectivity index (χ0n) is 13.5. The van der Waals surface area contributed by atoms with Crippen molar-refractivity contribution in [3.05, 3.63) is 35.4 Å². The summed E-state index contributed by atoms with van der Waals surface area (Å²) in [6.45, 7) is 0.777. The first-order chi connectivity index (χ1) is 11.9. The molecule has 2 aliphatic heterocycles. The summed E-state index contributed by atoms with van der Waals surface area (Å²) in [6, 6.07) is 3.18. The fourth-order valence-corrected chi connectivity index (χ4v) is 3.48. The molecule has 3 rings (SSSR count). The molecule has 2 heterocycles. The number of amides is 1. The molecule has 0 radical (unpaired) electrons. The second-order valence-corrected chi connectivity index (χ2v) is 6.27. The fourth-order valence-electron chi connectivity index (χ4n) is 3.48. The summed E-state index contributed by atoms with van der Waals surface area (Å²) in [4.78, 5) is 25.8. The lowest BCUT2D eigenvalue weighted by Gasteiger charge is -2.42. The van der Waals surface area contributed by atoms with Gasteiger partial charge in [-0.2, -0.15) is 0 Å². The molecule has 1 unspecified atom stereocenters. The Hall–Kier alpha value is -2.06. The zero-order chi connectivity index (χ0) is 18.0. The maximum Gasteiger partial charge on any atom is 0.334 e. The summed E-state index contributed by atoms with van der Waals surface area (Å²) in [6.07, 6.45) is -0.597. The predicted octanol–water partition coefficient (Wildman–Crippen LogP) is 1.32. The monoisotopic (exact) mass is 355 g/mol. The van der Waals surface area contributed by atoms with Gasteiger partial charge in [-0.05, 0) is 18.9 Å². The van der Waals surface area contributed by atoms with E-state index in [0.717, 1.165) is 12.1 Å². The molecule has 1 aromatic carbocycles. The van der Waals surface area contributed by atoms with Crippen molar-refractivity contribution in [3.63, 3.8) is 0 Å². The van der Waals surface area contributed by atoms with Crippen molar-refractivity contribution in [2.75, 3.05) is 32.9 Å². The maximum absolute atomic E-state index is 14.4. The van der Waals surface area contributed by atoms with Crippen LogP contribution in [-0.4, -0.2) is 60.9 Å². The highest BCUT2D eigenvalue weighted by molar-refractivity contribution is 5.89. The zero-order valence-corrected chi connectivity index (χ0v) is 13.5. The number of benzene rings is 1. The van der Waals surface area contributed by atoms with E-state index < -0.39 is 29.1 Å². The van der Waals surface area contributed by atoms with Crippen LogP contribution in [0.25, 0.3) is 0 Å². The normalized spacial score (nSPS) is 23.3. The first-order valence-electron chi connectivity index (χ1n) is 8.11. The van der Waals surface area contributed by atoms with Crippen LogP contribution >= 0.6 is 0 Å². The van der Waals surface area contributed by atoms with Crippen molar-refractivity contribution in [1.82, 2.24) is 4.90 Å². The molecule has 0 bridgehead atoms. The minimum atomic E-state index is -1.18. The van der Waals surface area contributed by atoms with E-state index in [9.17, 15) is 18.4 Å². The van der Waals surface area contributed by atoms with Crippen molar-refractivity contribution >= 4 is 11.9 Å². The second kappa shape index (κ2) is 7.05. The second-order valence-electron chi connectivity index (χ2n) is 6.27. The molecule has 1 aromatic rings. The summed E-state index contributed by atoms with van der Waals surface area (Å²) in [5.41, 5.74) is -1.06. The average molecular weight is 355 g/mol. The molecule has 8 heteroatoms. The van der Waals surface area contributed by atoms with Crippen LogP contribution in [0.2, 0.25) is 0 Å². The van der Waals surface area contributed by atoms with Gasteiger partial charge >= 0.3 is 5.97 Å². The van der Waals surface area contributed by atoms with E-state index in [2.05, 4.69) is 0 Å². The van der Waals surface area contributed by atoms with Crippen LogP contribution in [0.5, 0.6) is 0 Å². The van der Waals surface area contributed by atoms with Gasteiger partial charge in [0.2, 0.25) is 5.91 Å². The van der Waals surface area contributed by atoms with Crippen molar-refractivity contribution in [1.29, 1.82) is 0 Å². The van der Waals surface area contributed by atoms with Crippen molar-refractivity contribution in [2.24, 2.45) is 0 Å². The lowest BCUT2D eigenvalue weighted by Crippen LogP contribution is -2.56. The summed E-state index contributed by atoms with van der Waals surface area (Å²) in [5.74, 6) is -3.01. The molecule has 2 fully saturated rings. The Balaban J connectivity index is 1.95. The number of halogens is 2. The molecule has 1 atom stereocenters. The number of aliphatic carboxylic acids is 1. The molecule has 136 valence electrons. The van der Waals surface area contributed by atoms with E-state index in [1.165, 1.54) is 11.0 Å². The van der Waals surface area contributed by atoms with Crippen LogP contribution in [0.15, 0.2) is 18.2 Å². The summed E-state index contributed by atoms with van der Waals surface area (Å²) >= 11 is 0. The molecule has 25 heavy (non-hydrogen) atoms. The molecule has 0 aromatic heterocycles. The number of carbonyl (C=O) groups excluding carboxylic acids is 1. The number of carbonyl (C=O) groups is 2. The highest BCUT2D eigenvalue weighted by atomic mass is 19.1. The maximum atomic E-state index is 14.4. The third-order valence-electron chi connectivity index (χ3n) is 4.83. The van der Waals surface area contributed by atoms with Gasteiger partial charge in [-0.25, -0.2) is 13.6 Å². The van der Waals surface area contributed by atoms with Crippen LogP contribution in [0.4, 0.5) is 8.78 Å². The third kappa shape index (κ3) is 3.36. The van der Waals surface area contributed by atoms with Crippen LogP contribution in [0.3, 0.4) is 0 Å². The molecular formula is C17H19F2NO5. The average Bonchev–Trinajstić information content (AvgIpc) is 2.61. The Kier molecular flexibility index (Phi) is 5.01. The summed E-state index contributed by atoms with van der Waals surface area (Å²) in [7, 11) is 0. The van der Waals surface area contributed by atoms with Crippen LogP contribution < -0.4 is 0 Å². The van der Waals surface area contributed by atoms with Crippen LogP contribution in [0, 0.1) is 11.6 Å². The fraction of sp³-hybridized carbons (Fsp3) is 0.529. The molecule has 0 saturated carbocycles. The number of hydrogen-bond donors (Lipinski definition) is 1. The SMILES string of the molecule is O=C(O)C1CN(C(=O)C2(c3ccc(F)cc3F)CCOCC2)CCO1. The van der Waals surface area contributed by atoms with Crippen molar-refractivity contribution in [3.8, 4) is 0 Å². The van der Waals surface area contributed by atoms with Gasteiger partial charge in [-0.3, -0.25) is 4.79 Å². The third-order valence-corrected chi connectivity index (χ3v) is 4.83. The molecular weight excluding hydrogens is 336 g/mol. The number of ether oxygens (including phenoxy) is 2. The minimum Gasteiger partial charge on any atom is -0.479 e.